The lowest BCUT2D eigenvalue weighted by Crippen LogP contribution is -2.04. The number of benzene rings is 2. The van der Waals surface area contributed by atoms with Gasteiger partial charge in [0.25, 0.3) is 0 Å². The summed E-state index contributed by atoms with van der Waals surface area (Å²) in [4.78, 5) is 0. The van der Waals surface area contributed by atoms with Crippen LogP contribution in [0.3, 0.4) is 0 Å². The van der Waals surface area contributed by atoms with E-state index in [2.05, 4.69) is 0 Å². The Bertz CT molecular complexity index is 535. The molecule has 94 valence electrons. The minimum absolute atomic E-state index is 0.0387. The van der Waals surface area contributed by atoms with Crippen molar-refractivity contribution in [3.8, 4) is 11.5 Å². The summed E-state index contributed by atoms with van der Waals surface area (Å²) in [5.74, 6) is 1.58. The maximum absolute atomic E-state index is 5.97. The fraction of sp³-hybridized carbons (Fsp3) is 0.200. The first-order valence-corrected chi connectivity index (χ1v) is 6.23. The number of hydrogen-bond donors (Lipinski definition) is 1. The summed E-state index contributed by atoms with van der Waals surface area (Å²) < 4.78 is 5.75. The van der Waals surface area contributed by atoms with Gasteiger partial charge in [0.15, 0.2) is 0 Å². The van der Waals surface area contributed by atoms with E-state index < -0.39 is 0 Å². The number of halogens is 1. The average Bonchev–Trinajstić information content (AvgIpc) is 2.34. The molecule has 0 aliphatic carbocycles. The Labute approximate surface area is 112 Å². The molecule has 1 atom stereocenters. The topological polar surface area (TPSA) is 35.2 Å². The number of hydrogen-bond acceptors (Lipinski definition) is 2. The molecule has 1 unspecified atom stereocenters. The van der Waals surface area contributed by atoms with E-state index in [1.54, 1.807) is 0 Å². The van der Waals surface area contributed by atoms with Crippen molar-refractivity contribution in [2.75, 3.05) is 0 Å². The first-order chi connectivity index (χ1) is 8.56. The van der Waals surface area contributed by atoms with Crippen molar-refractivity contribution >= 4 is 11.6 Å². The molecule has 0 aliphatic heterocycles. The summed E-state index contributed by atoms with van der Waals surface area (Å²) in [6.45, 7) is 3.91. The molecule has 2 rings (SSSR count). The highest BCUT2D eigenvalue weighted by atomic mass is 35.5. The van der Waals surface area contributed by atoms with Gasteiger partial charge in [0.05, 0.1) is 0 Å². The molecule has 0 aromatic heterocycles. The van der Waals surface area contributed by atoms with Crippen molar-refractivity contribution in [1.29, 1.82) is 0 Å². The maximum atomic E-state index is 5.97. The zero-order chi connectivity index (χ0) is 13.1. The molecule has 3 heteroatoms. The zero-order valence-corrected chi connectivity index (χ0v) is 11.2. The van der Waals surface area contributed by atoms with Crippen LogP contribution in [-0.2, 0) is 0 Å². The fourth-order valence-electron chi connectivity index (χ4n) is 1.66. The highest BCUT2D eigenvalue weighted by molar-refractivity contribution is 6.31. The summed E-state index contributed by atoms with van der Waals surface area (Å²) in [7, 11) is 0. The molecule has 0 aliphatic rings. The lowest BCUT2D eigenvalue weighted by Gasteiger charge is -2.09. The smallest absolute Gasteiger partial charge is 0.127 e. The van der Waals surface area contributed by atoms with E-state index in [1.165, 1.54) is 0 Å². The van der Waals surface area contributed by atoms with Gasteiger partial charge in [-0.25, -0.2) is 0 Å². The van der Waals surface area contributed by atoms with Gasteiger partial charge in [-0.2, -0.15) is 0 Å². The SMILES string of the molecule is Cc1cc(Oc2ccc(C(C)N)cc2)ccc1Cl. The van der Waals surface area contributed by atoms with Crippen LogP contribution in [0.15, 0.2) is 42.5 Å². The second kappa shape index (κ2) is 5.42. The molecule has 0 bridgehead atoms. The van der Waals surface area contributed by atoms with Gasteiger partial charge in [0.2, 0.25) is 0 Å². The third-order valence-electron chi connectivity index (χ3n) is 2.77. The van der Waals surface area contributed by atoms with E-state index in [4.69, 9.17) is 22.1 Å². The van der Waals surface area contributed by atoms with Crippen LogP contribution in [-0.4, -0.2) is 0 Å². The number of aryl methyl sites for hydroxylation is 1. The average molecular weight is 262 g/mol. The van der Waals surface area contributed by atoms with E-state index in [0.29, 0.717) is 0 Å². The molecule has 2 nitrogen and oxygen atoms in total. The predicted molar refractivity (Wildman–Crippen MR) is 75.3 cm³/mol. The van der Waals surface area contributed by atoms with E-state index in [0.717, 1.165) is 27.6 Å². The molecular weight excluding hydrogens is 246 g/mol. The van der Waals surface area contributed by atoms with Gasteiger partial charge in [-0.1, -0.05) is 23.7 Å². The molecule has 0 heterocycles. The first kappa shape index (κ1) is 12.9. The molecule has 2 N–H and O–H groups in total. The third kappa shape index (κ3) is 3.03. The summed E-state index contributed by atoms with van der Waals surface area (Å²) >= 11 is 5.97. The van der Waals surface area contributed by atoms with Crippen molar-refractivity contribution in [2.24, 2.45) is 5.73 Å². The second-order valence-electron chi connectivity index (χ2n) is 4.37. The van der Waals surface area contributed by atoms with Crippen molar-refractivity contribution in [2.45, 2.75) is 19.9 Å². The van der Waals surface area contributed by atoms with Gasteiger partial charge < -0.3 is 10.5 Å². The molecule has 0 spiro atoms. The van der Waals surface area contributed by atoms with Crippen molar-refractivity contribution in [1.82, 2.24) is 0 Å². The van der Waals surface area contributed by atoms with Crippen molar-refractivity contribution in [3.05, 3.63) is 58.6 Å². The van der Waals surface area contributed by atoms with Crippen molar-refractivity contribution in [3.63, 3.8) is 0 Å². The summed E-state index contributed by atoms with van der Waals surface area (Å²) in [6.07, 6.45) is 0. The van der Waals surface area contributed by atoms with Crippen LogP contribution in [0.4, 0.5) is 0 Å². The van der Waals surface area contributed by atoms with Gasteiger partial charge in [-0.3, -0.25) is 0 Å². The fourth-order valence-corrected chi connectivity index (χ4v) is 1.77. The third-order valence-corrected chi connectivity index (χ3v) is 3.20. The molecule has 18 heavy (non-hydrogen) atoms. The molecule has 2 aromatic rings. The van der Waals surface area contributed by atoms with Gasteiger partial charge in [-0.15, -0.1) is 0 Å². The van der Waals surface area contributed by atoms with Crippen LogP contribution in [0.5, 0.6) is 11.5 Å². The molecule has 0 amide bonds. The largest absolute Gasteiger partial charge is 0.457 e. The van der Waals surface area contributed by atoms with Crippen LogP contribution >= 0.6 is 11.6 Å². The maximum Gasteiger partial charge on any atom is 0.127 e. The standard InChI is InChI=1S/C15H16ClNO/c1-10-9-14(7-8-15(10)16)18-13-5-3-12(4-6-13)11(2)17/h3-9,11H,17H2,1-2H3. The Morgan fingerprint density at radius 3 is 2.22 bits per heavy atom. The summed E-state index contributed by atoms with van der Waals surface area (Å²) in [5, 5.41) is 0.745. The van der Waals surface area contributed by atoms with E-state index in [1.807, 2.05) is 56.3 Å². The van der Waals surface area contributed by atoms with Gasteiger partial charge in [-0.05, 0) is 55.3 Å². The Kier molecular flexibility index (Phi) is 3.90. The van der Waals surface area contributed by atoms with Gasteiger partial charge in [0, 0.05) is 11.1 Å². The van der Waals surface area contributed by atoms with E-state index >= 15 is 0 Å². The minimum atomic E-state index is 0.0387. The Morgan fingerprint density at radius 2 is 1.67 bits per heavy atom. The van der Waals surface area contributed by atoms with Crippen LogP contribution in [0.25, 0.3) is 0 Å². The number of ether oxygens (including phenoxy) is 1. The van der Waals surface area contributed by atoms with Gasteiger partial charge in [0.1, 0.15) is 11.5 Å². The molecule has 0 fully saturated rings. The van der Waals surface area contributed by atoms with Crippen molar-refractivity contribution < 1.29 is 4.74 Å². The van der Waals surface area contributed by atoms with Gasteiger partial charge >= 0.3 is 0 Å². The number of nitrogens with two attached hydrogens (primary N) is 1. The highest BCUT2D eigenvalue weighted by Crippen LogP contribution is 2.26. The van der Waals surface area contributed by atoms with Crippen LogP contribution in [0.1, 0.15) is 24.1 Å². The van der Waals surface area contributed by atoms with Crippen LogP contribution < -0.4 is 10.5 Å². The lowest BCUT2D eigenvalue weighted by atomic mass is 10.1. The Morgan fingerprint density at radius 1 is 1.06 bits per heavy atom. The summed E-state index contributed by atoms with van der Waals surface area (Å²) in [5.41, 5.74) is 7.89. The van der Waals surface area contributed by atoms with E-state index in [-0.39, 0.29) is 6.04 Å². The predicted octanol–water partition coefficient (Wildman–Crippen LogP) is 4.46. The molecule has 2 aromatic carbocycles. The Hall–Kier alpha value is -1.51. The Balaban J connectivity index is 2.15. The quantitative estimate of drug-likeness (QED) is 0.885. The van der Waals surface area contributed by atoms with E-state index in [9.17, 15) is 0 Å². The normalized spacial score (nSPS) is 12.2. The molecule has 0 saturated heterocycles. The molecular formula is C15H16ClNO. The van der Waals surface area contributed by atoms with Crippen LogP contribution in [0.2, 0.25) is 5.02 Å². The monoisotopic (exact) mass is 261 g/mol. The second-order valence-corrected chi connectivity index (χ2v) is 4.78. The number of rotatable bonds is 3. The first-order valence-electron chi connectivity index (χ1n) is 5.86. The van der Waals surface area contributed by atoms with Crippen LogP contribution in [0, 0.1) is 6.92 Å². The lowest BCUT2D eigenvalue weighted by molar-refractivity contribution is 0.482. The summed E-state index contributed by atoms with van der Waals surface area (Å²) in [6, 6.07) is 13.4. The highest BCUT2D eigenvalue weighted by Gasteiger charge is 2.02. The molecule has 0 saturated carbocycles. The zero-order valence-electron chi connectivity index (χ0n) is 10.5. The minimum Gasteiger partial charge on any atom is -0.457 e. The molecule has 0 radical (unpaired) electrons.